The number of halogens is 1. The normalized spacial score (nSPS) is 11.6. The van der Waals surface area contributed by atoms with Crippen LogP contribution >= 0.6 is 27.3 Å². The number of thiophene rings is 1. The molecule has 0 atom stereocenters. The standard InChI is InChI=1S/C48H31BrN2S/c49-38-28-43(50(39-20-17-32-9-1-4-12-35(32)25-39)40-21-18-33-10-2-5-13-36(33)26-40)30-44(29-38)51(41-22-19-34-11-3-6-14-37(34)27-41)42-23-24-46-45-15-7-8-16-47(45)52-48(46)31-42/h1-31H. The van der Waals surface area contributed by atoms with Gasteiger partial charge in [-0.1, -0.05) is 131 Å². The first-order valence-electron chi connectivity index (χ1n) is 17.4. The van der Waals surface area contributed by atoms with Crippen molar-refractivity contribution in [1.29, 1.82) is 0 Å². The van der Waals surface area contributed by atoms with E-state index in [0.717, 1.165) is 38.6 Å². The number of rotatable bonds is 6. The summed E-state index contributed by atoms with van der Waals surface area (Å²) in [5, 5.41) is 9.87. The molecular formula is C48H31BrN2S. The first-order valence-corrected chi connectivity index (χ1v) is 19.0. The Bertz CT molecular complexity index is 2880. The van der Waals surface area contributed by atoms with Crippen LogP contribution in [-0.2, 0) is 0 Å². The average Bonchev–Trinajstić information content (AvgIpc) is 3.56. The molecule has 9 aromatic carbocycles. The number of benzene rings is 9. The lowest BCUT2D eigenvalue weighted by Gasteiger charge is -2.30. The van der Waals surface area contributed by atoms with Gasteiger partial charge in [0, 0.05) is 58.8 Å². The van der Waals surface area contributed by atoms with Gasteiger partial charge >= 0.3 is 0 Å². The topological polar surface area (TPSA) is 6.48 Å². The van der Waals surface area contributed by atoms with E-state index in [9.17, 15) is 0 Å². The summed E-state index contributed by atoms with van der Waals surface area (Å²) in [6.45, 7) is 0. The molecule has 4 heteroatoms. The van der Waals surface area contributed by atoms with Crippen LogP contribution in [0, 0.1) is 0 Å². The van der Waals surface area contributed by atoms with Crippen molar-refractivity contribution in [3.8, 4) is 0 Å². The summed E-state index contributed by atoms with van der Waals surface area (Å²) >= 11 is 5.82. The Labute approximate surface area is 314 Å². The van der Waals surface area contributed by atoms with E-state index in [1.165, 1.54) is 52.5 Å². The smallest absolute Gasteiger partial charge is 0.0493 e. The third-order valence-corrected chi connectivity index (χ3v) is 11.6. The SMILES string of the molecule is Brc1cc(N(c2ccc3ccccc3c2)c2ccc3ccccc3c2)cc(N(c2ccc3ccccc3c2)c2ccc3c(c2)sc2ccccc23)c1. The first kappa shape index (κ1) is 30.8. The van der Waals surface area contributed by atoms with Crippen LogP contribution in [0.2, 0.25) is 0 Å². The Morgan fingerprint density at radius 3 is 1.23 bits per heavy atom. The lowest BCUT2D eigenvalue weighted by atomic mass is 10.1. The number of fused-ring (bicyclic) bond motifs is 6. The molecule has 0 saturated carbocycles. The van der Waals surface area contributed by atoms with Crippen LogP contribution in [0.15, 0.2) is 193 Å². The second-order valence-electron chi connectivity index (χ2n) is 13.2. The molecule has 0 aliphatic heterocycles. The highest BCUT2D eigenvalue weighted by molar-refractivity contribution is 9.10. The lowest BCUT2D eigenvalue weighted by molar-refractivity contribution is 1.25. The molecule has 0 amide bonds. The highest BCUT2D eigenvalue weighted by atomic mass is 79.9. The van der Waals surface area contributed by atoms with Gasteiger partial charge in [0.25, 0.3) is 0 Å². The predicted octanol–water partition coefficient (Wildman–Crippen LogP) is 15.2. The van der Waals surface area contributed by atoms with Gasteiger partial charge in [-0.3, -0.25) is 0 Å². The van der Waals surface area contributed by atoms with Gasteiger partial charge in [-0.05, 0) is 105 Å². The number of anilines is 6. The summed E-state index contributed by atoms with van der Waals surface area (Å²) in [6, 6.07) is 68.3. The number of nitrogens with zero attached hydrogens (tertiary/aromatic N) is 2. The van der Waals surface area contributed by atoms with Crippen LogP contribution in [0.3, 0.4) is 0 Å². The van der Waals surface area contributed by atoms with Crippen LogP contribution < -0.4 is 9.80 Å². The summed E-state index contributed by atoms with van der Waals surface area (Å²) in [5.74, 6) is 0. The summed E-state index contributed by atoms with van der Waals surface area (Å²) in [4.78, 5) is 4.77. The minimum atomic E-state index is 1.00. The van der Waals surface area contributed by atoms with E-state index in [2.05, 4.69) is 214 Å². The zero-order chi connectivity index (χ0) is 34.6. The first-order chi connectivity index (χ1) is 25.6. The molecule has 0 fully saturated rings. The summed E-state index contributed by atoms with van der Waals surface area (Å²) in [6.07, 6.45) is 0. The van der Waals surface area contributed by atoms with Crippen molar-refractivity contribution in [3.05, 3.63) is 193 Å². The fraction of sp³-hybridized carbons (Fsp3) is 0. The third-order valence-electron chi connectivity index (χ3n) is 9.98. The minimum absolute atomic E-state index is 1.00. The molecular weight excluding hydrogens is 717 g/mol. The van der Waals surface area contributed by atoms with E-state index in [1.807, 2.05) is 11.3 Å². The maximum Gasteiger partial charge on any atom is 0.0493 e. The van der Waals surface area contributed by atoms with Crippen molar-refractivity contribution in [3.63, 3.8) is 0 Å². The molecule has 2 nitrogen and oxygen atoms in total. The average molecular weight is 748 g/mol. The predicted molar refractivity (Wildman–Crippen MR) is 229 cm³/mol. The van der Waals surface area contributed by atoms with Crippen LogP contribution in [0.1, 0.15) is 0 Å². The molecule has 0 aliphatic rings. The Morgan fingerprint density at radius 2 is 0.712 bits per heavy atom. The molecule has 0 bridgehead atoms. The van der Waals surface area contributed by atoms with Gasteiger partial charge in [-0.2, -0.15) is 0 Å². The monoisotopic (exact) mass is 746 g/mol. The number of hydrogen-bond acceptors (Lipinski definition) is 3. The van der Waals surface area contributed by atoms with Gasteiger partial charge in [0.2, 0.25) is 0 Å². The van der Waals surface area contributed by atoms with Crippen molar-refractivity contribution >= 4 is 114 Å². The van der Waals surface area contributed by atoms with Crippen LogP contribution in [-0.4, -0.2) is 0 Å². The van der Waals surface area contributed by atoms with Gasteiger partial charge in [-0.15, -0.1) is 11.3 Å². The van der Waals surface area contributed by atoms with E-state index in [0.29, 0.717) is 0 Å². The second-order valence-corrected chi connectivity index (χ2v) is 15.2. The van der Waals surface area contributed by atoms with Gasteiger partial charge in [0.1, 0.15) is 0 Å². The van der Waals surface area contributed by atoms with Crippen LogP contribution in [0.25, 0.3) is 52.5 Å². The lowest BCUT2D eigenvalue weighted by Crippen LogP contribution is -2.13. The Morgan fingerprint density at radius 1 is 0.308 bits per heavy atom. The highest BCUT2D eigenvalue weighted by Crippen LogP contribution is 2.45. The molecule has 10 rings (SSSR count). The number of hydrogen-bond donors (Lipinski definition) is 0. The van der Waals surface area contributed by atoms with Crippen molar-refractivity contribution in [1.82, 2.24) is 0 Å². The van der Waals surface area contributed by atoms with Crippen molar-refractivity contribution in [2.24, 2.45) is 0 Å². The Hall–Kier alpha value is -5.94. The van der Waals surface area contributed by atoms with E-state index in [-0.39, 0.29) is 0 Å². The molecule has 0 spiro atoms. The fourth-order valence-electron chi connectivity index (χ4n) is 7.51. The van der Waals surface area contributed by atoms with Gasteiger partial charge in [0.15, 0.2) is 0 Å². The maximum atomic E-state index is 3.97. The maximum absolute atomic E-state index is 3.97. The molecule has 1 aromatic heterocycles. The fourth-order valence-corrected chi connectivity index (χ4v) is 9.12. The molecule has 1 heterocycles. The molecule has 0 saturated heterocycles. The molecule has 246 valence electrons. The minimum Gasteiger partial charge on any atom is -0.310 e. The second kappa shape index (κ2) is 12.7. The molecule has 0 unspecified atom stereocenters. The van der Waals surface area contributed by atoms with Crippen molar-refractivity contribution in [2.45, 2.75) is 0 Å². The van der Waals surface area contributed by atoms with Gasteiger partial charge in [-0.25, -0.2) is 0 Å². The van der Waals surface area contributed by atoms with Gasteiger partial charge < -0.3 is 9.80 Å². The van der Waals surface area contributed by atoms with Crippen LogP contribution in [0.5, 0.6) is 0 Å². The van der Waals surface area contributed by atoms with Crippen molar-refractivity contribution < 1.29 is 0 Å². The highest BCUT2D eigenvalue weighted by Gasteiger charge is 2.20. The van der Waals surface area contributed by atoms with E-state index < -0.39 is 0 Å². The third kappa shape index (κ3) is 5.48. The molecule has 0 N–H and O–H groups in total. The van der Waals surface area contributed by atoms with E-state index >= 15 is 0 Å². The summed E-state index contributed by atoms with van der Waals surface area (Å²) in [5.41, 5.74) is 6.53. The largest absolute Gasteiger partial charge is 0.310 e. The zero-order valence-electron chi connectivity index (χ0n) is 28.1. The Kier molecular flexibility index (Phi) is 7.52. The molecule has 0 aliphatic carbocycles. The molecule has 0 radical (unpaired) electrons. The van der Waals surface area contributed by atoms with Crippen molar-refractivity contribution in [2.75, 3.05) is 9.80 Å². The summed E-state index contributed by atoms with van der Waals surface area (Å²) < 4.78 is 3.58. The quantitative estimate of drug-likeness (QED) is 0.167. The molecule has 10 aromatic rings. The van der Waals surface area contributed by atoms with E-state index in [1.54, 1.807) is 0 Å². The Balaban J connectivity index is 1.19. The summed E-state index contributed by atoms with van der Waals surface area (Å²) in [7, 11) is 0. The molecule has 52 heavy (non-hydrogen) atoms. The van der Waals surface area contributed by atoms with Gasteiger partial charge in [0.05, 0.1) is 0 Å². The zero-order valence-corrected chi connectivity index (χ0v) is 30.5. The van der Waals surface area contributed by atoms with Crippen LogP contribution in [0.4, 0.5) is 34.1 Å². The van der Waals surface area contributed by atoms with E-state index in [4.69, 9.17) is 0 Å².